The van der Waals surface area contributed by atoms with E-state index in [2.05, 4.69) is 0 Å². The Balaban J connectivity index is 2.14. The molecule has 0 bridgehead atoms. The number of benzene rings is 2. The summed E-state index contributed by atoms with van der Waals surface area (Å²) in [6.45, 7) is -0.427. The van der Waals surface area contributed by atoms with Gasteiger partial charge >= 0.3 is 5.97 Å². The van der Waals surface area contributed by atoms with Gasteiger partial charge in [-0.25, -0.2) is 4.79 Å². The highest BCUT2D eigenvalue weighted by Crippen LogP contribution is 2.29. The first kappa shape index (κ1) is 16.8. The summed E-state index contributed by atoms with van der Waals surface area (Å²) in [5.74, 6) is -0.489. The van der Waals surface area contributed by atoms with Gasteiger partial charge in [0, 0.05) is 5.56 Å². The van der Waals surface area contributed by atoms with Crippen LogP contribution in [-0.4, -0.2) is 32.6 Å². The molecule has 0 unspecified atom stereocenters. The average Bonchev–Trinajstić information content (AvgIpc) is 2.58. The molecule has 120 valence electrons. The SMILES string of the molecule is COc1cccc(OC)c1C(=O)OCC(=O)c1ccccc1Cl. The largest absolute Gasteiger partial charge is 0.496 e. The molecule has 0 fully saturated rings. The minimum atomic E-state index is -0.709. The van der Waals surface area contributed by atoms with Gasteiger partial charge < -0.3 is 14.2 Å². The molecule has 0 spiro atoms. The maximum Gasteiger partial charge on any atom is 0.346 e. The summed E-state index contributed by atoms with van der Waals surface area (Å²) in [6.07, 6.45) is 0. The molecule has 2 aromatic carbocycles. The molecule has 0 N–H and O–H groups in total. The van der Waals surface area contributed by atoms with Gasteiger partial charge in [-0.2, -0.15) is 0 Å². The van der Waals surface area contributed by atoms with Gasteiger partial charge in [-0.3, -0.25) is 4.79 Å². The molecule has 2 rings (SSSR count). The Hall–Kier alpha value is -2.53. The fourth-order valence-corrected chi connectivity index (χ4v) is 2.26. The van der Waals surface area contributed by atoms with Crippen LogP contribution in [-0.2, 0) is 4.74 Å². The number of hydrogen-bond acceptors (Lipinski definition) is 5. The molecule has 0 saturated heterocycles. The van der Waals surface area contributed by atoms with Crippen molar-refractivity contribution in [2.45, 2.75) is 0 Å². The van der Waals surface area contributed by atoms with Crippen LogP contribution >= 0.6 is 11.6 Å². The molecule has 0 aliphatic heterocycles. The second-order valence-corrected chi connectivity index (χ2v) is 4.92. The van der Waals surface area contributed by atoms with Gasteiger partial charge in [0.05, 0.1) is 19.2 Å². The van der Waals surface area contributed by atoms with Crippen LogP contribution in [0.2, 0.25) is 5.02 Å². The fourth-order valence-electron chi connectivity index (χ4n) is 2.02. The highest BCUT2D eigenvalue weighted by Gasteiger charge is 2.21. The number of methoxy groups -OCH3 is 2. The molecule has 0 atom stereocenters. The van der Waals surface area contributed by atoms with Crippen LogP contribution in [0.3, 0.4) is 0 Å². The first-order chi connectivity index (χ1) is 11.1. The second-order valence-electron chi connectivity index (χ2n) is 4.52. The van der Waals surface area contributed by atoms with Crippen molar-refractivity contribution < 1.29 is 23.8 Å². The minimum absolute atomic E-state index is 0.129. The van der Waals surface area contributed by atoms with Crippen molar-refractivity contribution in [3.63, 3.8) is 0 Å². The van der Waals surface area contributed by atoms with E-state index in [0.29, 0.717) is 22.1 Å². The van der Waals surface area contributed by atoms with E-state index in [1.807, 2.05) is 0 Å². The van der Waals surface area contributed by atoms with Gasteiger partial charge in [-0.05, 0) is 24.3 Å². The summed E-state index contributed by atoms with van der Waals surface area (Å²) in [6, 6.07) is 11.5. The van der Waals surface area contributed by atoms with Crippen LogP contribution in [0, 0.1) is 0 Å². The molecular formula is C17H15ClO5. The van der Waals surface area contributed by atoms with E-state index in [0.717, 1.165) is 0 Å². The molecule has 0 aliphatic carbocycles. The van der Waals surface area contributed by atoms with Crippen molar-refractivity contribution in [3.05, 3.63) is 58.6 Å². The molecule has 23 heavy (non-hydrogen) atoms. The van der Waals surface area contributed by atoms with Crippen molar-refractivity contribution in [1.82, 2.24) is 0 Å². The lowest BCUT2D eigenvalue weighted by atomic mass is 10.1. The first-order valence-corrected chi connectivity index (χ1v) is 7.12. The predicted molar refractivity (Wildman–Crippen MR) is 85.6 cm³/mol. The van der Waals surface area contributed by atoms with Crippen LogP contribution < -0.4 is 9.47 Å². The Labute approximate surface area is 138 Å². The first-order valence-electron chi connectivity index (χ1n) is 6.74. The summed E-state index contributed by atoms with van der Waals surface area (Å²) < 4.78 is 15.3. The summed E-state index contributed by atoms with van der Waals surface area (Å²) >= 11 is 5.95. The topological polar surface area (TPSA) is 61.8 Å². The number of hydrogen-bond donors (Lipinski definition) is 0. The van der Waals surface area contributed by atoms with Crippen LogP contribution in [0.1, 0.15) is 20.7 Å². The molecule has 0 saturated carbocycles. The van der Waals surface area contributed by atoms with E-state index in [4.69, 9.17) is 25.8 Å². The van der Waals surface area contributed by atoms with Crippen LogP contribution in [0.5, 0.6) is 11.5 Å². The van der Waals surface area contributed by atoms with Crippen molar-refractivity contribution in [2.75, 3.05) is 20.8 Å². The van der Waals surface area contributed by atoms with Crippen LogP contribution in [0.25, 0.3) is 0 Å². The zero-order valence-corrected chi connectivity index (χ0v) is 13.4. The van der Waals surface area contributed by atoms with Crippen molar-refractivity contribution in [1.29, 1.82) is 0 Å². The van der Waals surface area contributed by atoms with Crippen molar-refractivity contribution in [3.8, 4) is 11.5 Å². The zero-order chi connectivity index (χ0) is 16.8. The minimum Gasteiger partial charge on any atom is -0.496 e. The Morgan fingerprint density at radius 1 is 0.957 bits per heavy atom. The van der Waals surface area contributed by atoms with Gasteiger partial charge in [0.1, 0.15) is 17.1 Å². The van der Waals surface area contributed by atoms with Gasteiger partial charge in [0.2, 0.25) is 5.78 Å². The summed E-state index contributed by atoms with van der Waals surface area (Å²) in [5.41, 5.74) is 0.429. The number of rotatable bonds is 6. The average molecular weight is 335 g/mol. The highest BCUT2D eigenvalue weighted by molar-refractivity contribution is 6.34. The van der Waals surface area contributed by atoms with Crippen molar-refractivity contribution >= 4 is 23.4 Å². The molecule has 0 aliphatic rings. The molecule has 6 heteroatoms. The summed E-state index contributed by atoms with van der Waals surface area (Å²) in [5, 5.41) is 0.309. The van der Waals surface area contributed by atoms with E-state index in [-0.39, 0.29) is 5.56 Å². The van der Waals surface area contributed by atoms with E-state index < -0.39 is 18.4 Å². The Morgan fingerprint density at radius 2 is 1.57 bits per heavy atom. The third-order valence-electron chi connectivity index (χ3n) is 3.14. The van der Waals surface area contributed by atoms with E-state index >= 15 is 0 Å². The predicted octanol–water partition coefficient (Wildman–Crippen LogP) is 3.40. The smallest absolute Gasteiger partial charge is 0.346 e. The van der Waals surface area contributed by atoms with E-state index in [1.165, 1.54) is 14.2 Å². The number of halogens is 1. The maximum absolute atomic E-state index is 12.3. The van der Waals surface area contributed by atoms with E-state index in [1.54, 1.807) is 42.5 Å². The molecule has 2 aromatic rings. The molecule has 0 aromatic heterocycles. The lowest BCUT2D eigenvalue weighted by Gasteiger charge is -2.12. The van der Waals surface area contributed by atoms with Crippen LogP contribution in [0.15, 0.2) is 42.5 Å². The third-order valence-corrected chi connectivity index (χ3v) is 3.47. The van der Waals surface area contributed by atoms with E-state index in [9.17, 15) is 9.59 Å². The molecular weight excluding hydrogens is 320 g/mol. The highest BCUT2D eigenvalue weighted by atomic mass is 35.5. The number of ether oxygens (including phenoxy) is 3. The van der Waals surface area contributed by atoms with Crippen molar-refractivity contribution in [2.24, 2.45) is 0 Å². The third kappa shape index (κ3) is 3.81. The monoisotopic (exact) mass is 334 g/mol. The Kier molecular flexibility index (Phi) is 5.60. The molecule has 5 nitrogen and oxygen atoms in total. The zero-order valence-electron chi connectivity index (χ0n) is 12.7. The summed E-state index contributed by atoms with van der Waals surface area (Å²) in [4.78, 5) is 24.3. The Morgan fingerprint density at radius 3 is 2.13 bits per heavy atom. The number of carbonyl (C=O) groups is 2. The number of Topliss-reactive ketones (excluding diaryl/α,β-unsaturated/α-hetero) is 1. The van der Waals surface area contributed by atoms with Gasteiger partial charge in [0.15, 0.2) is 6.61 Å². The van der Waals surface area contributed by atoms with Gasteiger partial charge in [0.25, 0.3) is 0 Å². The standard InChI is InChI=1S/C17H15ClO5/c1-21-14-8-5-9-15(22-2)16(14)17(20)23-10-13(19)11-6-3-4-7-12(11)18/h3-9H,10H2,1-2H3. The van der Waals surface area contributed by atoms with Gasteiger partial charge in [-0.1, -0.05) is 29.8 Å². The number of esters is 1. The lowest BCUT2D eigenvalue weighted by Crippen LogP contribution is -2.16. The second kappa shape index (κ2) is 7.65. The van der Waals surface area contributed by atoms with Gasteiger partial charge in [-0.15, -0.1) is 0 Å². The summed E-state index contributed by atoms with van der Waals surface area (Å²) in [7, 11) is 2.86. The maximum atomic E-state index is 12.3. The Bertz CT molecular complexity index is 704. The quantitative estimate of drug-likeness (QED) is 0.598. The molecule has 0 radical (unpaired) electrons. The number of ketones is 1. The molecule has 0 amide bonds. The number of carbonyl (C=O) groups excluding carboxylic acids is 2. The lowest BCUT2D eigenvalue weighted by molar-refractivity contribution is 0.0468. The molecule has 0 heterocycles. The van der Waals surface area contributed by atoms with Crippen LogP contribution in [0.4, 0.5) is 0 Å². The fraction of sp³-hybridized carbons (Fsp3) is 0.176. The normalized spacial score (nSPS) is 10.0.